The number of rotatable bonds is 5. The van der Waals surface area contributed by atoms with Crippen LogP contribution in [0, 0.1) is 0 Å². The number of halogens is 3. The molecule has 1 N–H and O–H groups in total. The second-order valence-corrected chi connectivity index (χ2v) is 3.05. The highest BCUT2D eigenvalue weighted by Crippen LogP contribution is 2.27. The average molecular weight is 264 g/mol. The van der Waals surface area contributed by atoms with E-state index in [0.29, 0.717) is 0 Å². The normalized spacial score (nSPS) is 10.8. The standard InChI is InChI=1S/C10H7F3O5/c11-10(12,13)18-7-1-2-8(6(3-7)4-14)17-5-9(15)16/h1-4H,5H2,(H,15,16). The topological polar surface area (TPSA) is 72.8 Å². The fourth-order valence-electron chi connectivity index (χ4n) is 1.09. The smallest absolute Gasteiger partial charge is 0.481 e. The van der Waals surface area contributed by atoms with E-state index in [1.54, 1.807) is 0 Å². The molecule has 0 aliphatic rings. The second-order valence-electron chi connectivity index (χ2n) is 3.05. The molecule has 98 valence electrons. The van der Waals surface area contributed by atoms with Crippen molar-refractivity contribution in [1.82, 2.24) is 0 Å². The summed E-state index contributed by atoms with van der Waals surface area (Å²) in [6, 6.07) is 2.74. The summed E-state index contributed by atoms with van der Waals surface area (Å²) in [6.07, 6.45) is -4.63. The van der Waals surface area contributed by atoms with Crippen LogP contribution in [0.15, 0.2) is 18.2 Å². The van der Waals surface area contributed by atoms with E-state index in [1.165, 1.54) is 0 Å². The quantitative estimate of drug-likeness (QED) is 0.822. The zero-order valence-corrected chi connectivity index (χ0v) is 8.73. The molecule has 0 aliphatic heterocycles. The molecule has 8 heteroatoms. The van der Waals surface area contributed by atoms with Gasteiger partial charge in [0, 0.05) is 0 Å². The molecule has 0 amide bonds. The lowest BCUT2D eigenvalue weighted by atomic mass is 10.2. The molecule has 1 rings (SSSR count). The van der Waals surface area contributed by atoms with Crippen LogP contribution in [0.4, 0.5) is 13.2 Å². The predicted octanol–water partition coefficient (Wildman–Crippen LogP) is 1.86. The third kappa shape index (κ3) is 4.32. The summed E-state index contributed by atoms with van der Waals surface area (Å²) < 4.78 is 44.0. The van der Waals surface area contributed by atoms with Crippen molar-refractivity contribution >= 4 is 12.3 Å². The van der Waals surface area contributed by atoms with Crippen molar-refractivity contribution in [2.75, 3.05) is 6.61 Å². The number of benzene rings is 1. The molecule has 0 atom stereocenters. The van der Waals surface area contributed by atoms with Gasteiger partial charge in [0.25, 0.3) is 0 Å². The average Bonchev–Trinajstić information content (AvgIpc) is 2.24. The third-order valence-electron chi connectivity index (χ3n) is 1.69. The number of carboxylic acid groups (broad SMARTS) is 1. The van der Waals surface area contributed by atoms with E-state index in [4.69, 9.17) is 9.84 Å². The lowest BCUT2D eigenvalue weighted by Crippen LogP contribution is -2.17. The van der Waals surface area contributed by atoms with Gasteiger partial charge in [-0.05, 0) is 18.2 Å². The fraction of sp³-hybridized carbons (Fsp3) is 0.200. The number of hydrogen-bond acceptors (Lipinski definition) is 4. The molecule has 1 aromatic carbocycles. The molecule has 0 spiro atoms. The van der Waals surface area contributed by atoms with Gasteiger partial charge in [-0.15, -0.1) is 13.2 Å². The first-order valence-electron chi connectivity index (χ1n) is 4.51. The molecule has 0 bridgehead atoms. The Morgan fingerprint density at radius 3 is 2.56 bits per heavy atom. The van der Waals surface area contributed by atoms with Crippen LogP contribution >= 0.6 is 0 Å². The van der Waals surface area contributed by atoms with Gasteiger partial charge in [0.1, 0.15) is 11.5 Å². The van der Waals surface area contributed by atoms with Crippen LogP contribution in [-0.2, 0) is 4.79 Å². The zero-order chi connectivity index (χ0) is 13.8. The minimum absolute atomic E-state index is 0.137. The Kier molecular flexibility index (Phi) is 4.13. The van der Waals surface area contributed by atoms with Gasteiger partial charge in [-0.1, -0.05) is 0 Å². The lowest BCUT2D eigenvalue weighted by molar-refractivity contribution is -0.274. The Morgan fingerprint density at radius 1 is 1.39 bits per heavy atom. The molecule has 0 unspecified atom stereocenters. The van der Waals surface area contributed by atoms with Crippen molar-refractivity contribution in [1.29, 1.82) is 0 Å². The highest BCUT2D eigenvalue weighted by atomic mass is 19.4. The van der Waals surface area contributed by atoms with Crippen LogP contribution in [0.2, 0.25) is 0 Å². The maximum absolute atomic E-state index is 11.9. The summed E-state index contributed by atoms with van der Waals surface area (Å²) >= 11 is 0. The monoisotopic (exact) mass is 264 g/mol. The predicted molar refractivity (Wildman–Crippen MR) is 51.6 cm³/mol. The maximum Gasteiger partial charge on any atom is 0.573 e. The minimum Gasteiger partial charge on any atom is -0.481 e. The minimum atomic E-state index is -4.87. The third-order valence-corrected chi connectivity index (χ3v) is 1.69. The van der Waals surface area contributed by atoms with E-state index in [9.17, 15) is 22.8 Å². The van der Waals surface area contributed by atoms with E-state index in [0.717, 1.165) is 18.2 Å². The molecular formula is C10H7F3O5. The molecule has 0 fully saturated rings. The number of aliphatic carboxylic acids is 1. The van der Waals surface area contributed by atoms with Crippen LogP contribution in [-0.4, -0.2) is 30.3 Å². The number of carbonyl (C=O) groups is 2. The van der Waals surface area contributed by atoms with Gasteiger partial charge >= 0.3 is 12.3 Å². The van der Waals surface area contributed by atoms with E-state index in [-0.39, 0.29) is 17.6 Å². The number of ether oxygens (including phenoxy) is 2. The van der Waals surface area contributed by atoms with Crippen molar-refractivity contribution in [3.8, 4) is 11.5 Å². The molecule has 0 aromatic heterocycles. The summed E-state index contributed by atoms with van der Waals surface area (Å²) in [7, 11) is 0. The molecule has 0 heterocycles. The van der Waals surface area contributed by atoms with Crippen molar-refractivity contribution in [3.05, 3.63) is 23.8 Å². The first-order valence-corrected chi connectivity index (χ1v) is 4.51. The Morgan fingerprint density at radius 2 is 2.06 bits per heavy atom. The Labute approximate surface area is 98.7 Å². The van der Waals surface area contributed by atoms with E-state index < -0.39 is 24.7 Å². The van der Waals surface area contributed by atoms with Gasteiger partial charge in [-0.2, -0.15) is 0 Å². The van der Waals surface area contributed by atoms with Crippen LogP contribution in [0.3, 0.4) is 0 Å². The molecule has 0 radical (unpaired) electrons. The fourth-order valence-corrected chi connectivity index (χ4v) is 1.09. The number of hydrogen-bond donors (Lipinski definition) is 1. The number of carbonyl (C=O) groups excluding carboxylic acids is 1. The zero-order valence-electron chi connectivity index (χ0n) is 8.73. The van der Waals surface area contributed by atoms with Gasteiger partial charge < -0.3 is 14.6 Å². The van der Waals surface area contributed by atoms with Crippen LogP contribution in [0.1, 0.15) is 10.4 Å². The van der Waals surface area contributed by atoms with Crippen molar-refractivity contribution in [3.63, 3.8) is 0 Å². The SMILES string of the molecule is O=Cc1cc(OC(F)(F)F)ccc1OCC(=O)O. The van der Waals surface area contributed by atoms with E-state index >= 15 is 0 Å². The molecule has 1 aromatic rings. The second kappa shape index (κ2) is 5.39. The van der Waals surface area contributed by atoms with Crippen LogP contribution < -0.4 is 9.47 Å². The van der Waals surface area contributed by atoms with Crippen LogP contribution in [0.25, 0.3) is 0 Å². The largest absolute Gasteiger partial charge is 0.573 e. The Bertz CT molecular complexity index is 455. The molecular weight excluding hydrogens is 257 g/mol. The molecule has 0 aliphatic carbocycles. The molecule has 0 saturated carbocycles. The van der Waals surface area contributed by atoms with Crippen LogP contribution in [0.5, 0.6) is 11.5 Å². The van der Waals surface area contributed by atoms with Gasteiger partial charge in [-0.3, -0.25) is 4.79 Å². The number of carboxylic acids is 1. The summed E-state index contributed by atoms with van der Waals surface area (Å²) in [4.78, 5) is 20.9. The highest BCUT2D eigenvalue weighted by molar-refractivity contribution is 5.80. The van der Waals surface area contributed by atoms with E-state index in [2.05, 4.69) is 4.74 Å². The van der Waals surface area contributed by atoms with Crippen molar-refractivity contribution in [2.45, 2.75) is 6.36 Å². The summed E-state index contributed by atoms with van der Waals surface area (Å²) in [5.41, 5.74) is -0.238. The first kappa shape index (κ1) is 13.8. The molecule has 18 heavy (non-hydrogen) atoms. The van der Waals surface area contributed by atoms with Gasteiger partial charge in [0.15, 0.2) is 12.9 Å². The van der Waals surface area contributed by atoms with E-state index in [1.807, 2.05) is 0 Å². The first-order chi connectivity index (χ1) is 8.31. The summed E-state index contributed by atoms with van der Waals surface area (Å²) in [5, 5.41) is 8.36. The summed E-state index contributed by atoms with van der Waals surface area (Å²) in [5.74, 6) is -2.00. The van der Waals surface area contributed by atoms with Gasteiger partial charge in [0.05, 0.1) is 5.56 Å². The Hall–Kier alpha value is -2.25. The maximum atomic E-state index is 11.9. The summed E-state index contributed by atoms with van der Waals surface area (Å²) in [6.45, 7) is -0.708. The lowest BCUT2D eigenvalue weighted by Gasteiger charge is -2.11. The Balaban J connectivity index is 2.89. The highest BCUT2D eigenvalue weighted by Gasteiger charge is 2.31. The van der Waals surface area contributed by atoms with Crippen molar-refractivity contribution < 1.29 is 37.3 Å². The van der Waals surface area contributed by atoms with Gasteiger partial charge in [0.2, 0.25) is 0 Å². The molecule has 0 saturated heterocycles. The van der Waals surface area contributed by atoms with Crippen molar-refractivity contribution in [2.24, 2.45) is 0 Å². The van der Waals surface area contributed by atoms with Gasteiger partial charge in [-0.25, -0.2) is 4.79 Å². The molecule has 5 nitrogen and oxygen atoms in total. The number of alkyl halides is 3. The number of aldehydes is 1.